The number of hydrogen-bond acceptors (Lipinski definition) is 5. The van der Waals surface area contributed by atoms with Crippen molar-refractivity contribution in [2.75, 3.05) is 5.32 Å². The minimum absolute atomic E-state index is 0.395. The standard InChI is InChI=1S/C18H23F2N5O2/c1-17(2,3)27-16(26)24-14-11-18(19,20)10-13(14)23-12-6-4-5-7-15(12)25-21-8-9-22-25/h4-9,13-14,23H,10-11H2,1-3H3,(H,24,26). The number of ether oxygens (including phenoxy) is 1. The third-order valence-corrected chi connectivity index (χ3v) is 4.10. The van der Waals surface area contributed by atoms with Gasteiger partial charge in [-0.3, -0.25) is 0 Å². The monoisotopic (exact) mass is 379 g/mol. The summed E-state index contributed by atoms with van der Waals surface area (Å²) in [7, 11) is 0. The van der Waals surface area contributed by atoms with Crippen LogP contribution in [-0.4, -0.2) is 44.7 Å². The Morgan fingerprint density at radius 3 is 2.48 bits per heavy atom. The molecule has 146 valence electrons. The van der Waals surface area contributed by atoms with E-state index in [4.69, 9.17) is 4.74 Å². The Morgan fingerprint density at radius 2 is 1.81 bits per heavy atom. The summed E-state index contributed by atoms with van der Waals surface area (Å²) in [5.74, 6) is -2.88. The van der Waals surface area contributed by atoms with Crippen molar-refractivity contribution in [2.45, 2.75) is 57.2 Å². The zero-order valence-electron chi connectivity index (χ0n) is 15.4. The highest BCUT2D eigenvalue weighted by Crippen LogP contribution is 2.37. The second kappa shape index (κ2) is 7.13. The highest BCUT2D eigenvalue weighted by molar-refractivity contribution is 5.68. The SMILES string of the molecule is CC(C)(C)OC(=O)NC1CC(F)(F)CC1Nc1ccccc1-n1nccn1. The number of hydrogen-bond donors (Lipinski definition) is 2. The lowest BCUT2D eigenvalue weighted by molar-refractivity contribution is 0.00564. The van der Waals surface area contributed by atoms with Crippen molar-refractivity contribution in [3.8, 4) is 5.69 Å². The molecule has 2 aromatic rings. The third-order valence-electron chi connectivity index (χ3n) is 4.10. The van der Waals surface area contributed by atoms with Crippen molar-refractivity contribution >= 4 is 11.8 Å². The first-order valence-corrected chi connectivity index (χ1v) is 8.73. The summed E-state index contributed by atoms with van der Waals surface area (Å²) in [6.45, 7) is 5.16. The fourth-order valence-corrected chi connectivity index (χ4v) is 3.08. The molecular formula is C18H23F2N5O2. The maximum atomic E-state index is 14.0. The molecule has 0 aliphatic heterocycles. The Labute approximate surface area is 156 Å². The van der Waals surface area contributed by atoms with Crippen molar-refractivity contribution < 1.29 is 18.3 Å². The Balaban J connectivity index is 1.77. The Morgan fingerprint density at radius 1 is 1.19 bits per heavy atom. The van der Waals surface area contributed by atoms with E-state index in [1.54, 1.807) is 39.0 Å². The molecule has 3 rings (SSSR count). The lowest BCUT2D eigenvalue weighted by atomic mass is 10.1. The van der Waals surface area contributed by atoms with E-state index in [1.165, 1.54) is 17.2 Å². The van der Waals surface area contributed by atoms with Crippen LogP contribution in [-0.2, 0) is 4.74 Å². The van der Waals surface area contributed by atoms with Gasteiger partial charge < -0.3 is 15.4 Å². The van der Waals surface area contributed by atoms with Crippen LogP contribution < -0.4 is 10.6 Å². The fourth-order valence-electron chi connectivity index (χ4n) is 3.08. The predicted octanol–water partition coefficient (Wildman–Crippen LogP) is 3.37. The van der Waals surface area contributed by atoms with Crippen molar-refractivity contribution in [3.05, 3.63) is 36.7 Å². The third kappa shape index (κ3) is 4.93. The van der Waals surface area contributed by atoms with Gasteiger partial charge in [0, 0.05) is 12.8 Å². The van der Waals surface area contributed by atoms with Crippen molar-refractivity contribution in [2.24, 2.45) is 0 Å². The van der Waals surface area contributed by atoms with E-state index in [0.717, 1.165) is 0 Å². The first kappa shape index (κ1) is 19.1. The number of nitrogens with zero attached hydrogens (tertiary/aromatic N) is 3. The molecule has 0 spiro atoms. The summed E-state index contributed by atoms with van der Waals surface area (Å²) >= 11 is 0. The number of carbonyl (C=O) groups is 1. The number of alkyl carbamates (subject to hydrolysis) is 1. The summed E-state index contributed by atoms with van der Waals surface area (Å²) in [5, 5.41) is 13.9. The highest BCUT2D eigenvalue weighted by atomic mass is 19.3. The van der Waals surface area contributed by atoms with Gasteiger partial charge in [0.05, 0.1) is 30.2 Å². The van der Waals surface area contributed by atoms with Gasteiger partial charge in [0.25, 0.3) is 5.92 Å². The molecule has 0 bridgehead atoms. The van der Waals surface area contributed by atoms with Gasteiger partial charge in [-0.1, -0.05) is 12.1 Å². The van der Waals surface area contributed by atoms with Crippen LogP contribution in [0.25, 0.3) is 5.69 Å². The normalized spacial score (nSPS) is 21.7. The van der Waals surface area contributed by atoms with Gasteiger partial charge in [-0.25, -0.2) is 13.6 Å². The average Bonchev–Trinajstić information content (AvgIpc) is 3.14. The van der Waals surface area contributed by atoms with Crippen LogP contribution in [0.15, 0.2) is 36.7 Å². The molecule has 1 aromatic heterocycles. The second-order valence-electron chi connectivity index (χ2n) is 7.60. The maximum absolute atomic E-state index is 14.0. The van der Waals surface area contributed by atoms with Crippen molar-refractivity contribution in [1.29, 1.82) is 0 Å². The number of aromatic nitrogens is 3. The molecule has 1 saturated carbocycles. The van der Waals surface area contributed by atoms with Gasteiger partial charge >= 0.3 is 6.09 Å². The van der Waals surface area contributed by atoms with Crippen LogP contribution in [0.3, 0.4) is 0 Å². The van der Waals surface area contributed by atoms with Crippen LogP contribution in [0.5, 0.6) is 0 Å². The molecule has 1 heterocycles. The summed E-state index contributed by atoms with van der Waals surface area (Å²) in [4.78, 5) is 13.5. The van der Waals surface area contributed by atoms with Gasteiger partial charge in [0.2, 0.25) is 0 Å². The lowest BCUT2D eigenvalue weighted by Crippen LogP contribution is -2.45. The molecule has 1 aromatic carbocycles. The van der Waals surface area contributed by atoms with E-state index < -0.39 is 42.5 Å². The number of alkyl halides is 2. The van der Waals surface area contributed by atoms with Crippen LogP contribution in [0, 0.1) is 0 Å². The summed E-state index contributed by atoms with van der Waals surface area (Å²) < 4.78 is 33.3. The van der Waals surface area contributed by atoms with Gasteiger partial charge in [-0.15, -0.1) is 4.80 Å². The van der Waals surface area contributed by atoms with E-state index in [1.807, 2.05) is 6.07 Å². The van der Waals surface area contributed by atoms with E-state index in [-0.39, 0.29) is 0 Å². The average molecular weight is 379 g/mol. The molecule has 1 amide bonds. The molecule has 27 heavy (non-hydrogen) atoms. The van der Waals surface area contributed by atoms with Crippen molar-refractivity contribution in [1.82, 2.24) is 20.3 Å². The number of nitrogens with one attached hydrogen (secondary N) is 2. The largest absolute Gasteiger partial charge is 0.444 e. The molecule has 1 aliphatic carbocycles. The number of anilines is 1. The van der Waals surface area contributed by atoms with E-state index in [2.05, 4.69) is 20.8 Å². The predicted molar refractivity (Wildman–Crippen MR) is 96.1 cm³/mol. The summed E-state index contributed by atoms with van der Waals surface area (Å²) in [5.41, 5.74) is 0.535. The quantitative estimate of drug-likeness (QED) is 0.851. The van der Waals surface area contributed by atoms with Gasteiger partial charge in [-0.2, -0.15) is 10.2 Å². The first-order valence-electron chi connectivity index (χ1n) is 8.73. The van der Waals surface area contributed by atoms with Crippen LogP contribution in [0.2, 0.25) is 0 Å². The van der Waals surface area contributed by atoms with Crippen LogP contribution >= 0.6 is 0 Å². The highest BCUT2D eigenvalue weighted by Gasteiger charge is 2.47. The smallest absolute Gasteiger partial charge is 0.407 e. The van der Waals surface area contributed by atoms with Crippen molar-refractivity contribution in [3.63, 3.8) is 0 Å². The van der Waals surface area contributed by atoms with Gasteiger partial charge in [0.1, 0.15) is 11.3 Å². The number of amides is 1. The first-order chi connectivity index (χ1) is 12.6. The molecule has 2 unspecified atom stereocenters. The van der Waals surface area contributed by atoms with E-state index >= 15 is 0 Å². The molecule has 1 aliphatic rings. The number of halogens is 2. The number of para-hydroxylation sites is 2. The number of carbonyl (C=O) groups excluding carboxylic acids is 1. The topological polar surface area (TPSA) is 81.1 Å². The lowest BCUT2D eigenvalue weighted by Gasteiger charge is -2.26. The molecule has 2 N–H and O–H groups in total. The zero-order valence-corrected chi connectivity index (χ0v) is 15.4. The van der Waals surface area contributed by atoms with Crippen LogP contribution in [0.4, 0.5) is 19.3 Å². The Bertz CT molecular complexity index is 789. The molecule has 9 heteroatoms. The zero-order chi connectivity index (χ0) is 19.7. The van der Waals surface area contributed by atoms with Gasteiger partial charge in [0.15, 0.2) is 0 Å². The number of rotatable bonds is 4. The molecule has 2 atom stereocenters. The molecule has 0 radical (unpaired) electrons. The summed E-state index contributed by atoms with van der Waals surface area (Å²) in [6.07, 6.45) is 1.51. The fraction of sp³-hybridized carbons (Fsp3) is 0.500. The number of benzene rings is 1. The van der Waals surface area contributed by atoms with Gasteiger partial charge in [-0.05, 0) is 32.9 Å². The summed E-state index contributed by atoms with van der Waals surface area (Å²) in [6, 6.07) is 5.71. The van der Waals surface area contributed by atoms with E-state index in [9.17, 15) is 13.6 Å². The van der Waals surface area contributed by atoms with Crippen LogP contribution in [0.1, 0.15) is 33.6 Å². The molecular weight excluding hydrogens is 356 g/mol. The molecule has 0 saturated heterocycles. The maximum Gasteiger partial charge on any atom is 0.407 e. The minimum Gasteiger partial charge on any atom is -0.444 e. The molecule has 7 nitrogen and oxygen atoms in total. The minimum atomic E-state index is -2.88. The molecule has 1 fully saturated rings. The Hall–Kier alpha value is -2.71. The Kier molecular flexibility index (Phi) is 5.03. The second-order valence-corrected chi connectivity index (χ2v) is 7.60. The van der Waals surface area contributed by atoms with E-state index in [0.29, 0.717) is 11.4 Å².